The Morgan fingerprint density at radius 3 is 2.22 bits per heavy atom. The molecule has 2 aliphatic heterocycles. The first-order chi connectivity index (χ1) is 20.0. The summed E-state index contributed by atoms with van der Waals surface area (Å²) in [7, 11) is 0. The van der Waals surface area contributed by atoms with Crippen LogP contribution in [-0.4, -0.2) is 83.2 Å². The van der Waals surface area contributed by atoms with Gasteiger partial charge in [0.05, 0.1) is 0 Å². The lowest BCUT2D eigenvalue weighted by atomic mass is 9.83. The Bertz CT molecular complexity index is 1100. The smallest absolute Gasteiger partial charge is 0.321 e. The minimum absolute atomic E-state index is 0.0211. The van der Waals surface area contributed by atoms with Crippen LogP contribution in [0, 0.1) is 11.8 Å². The minimum Gasteiger partial charge on any atom is -0.480 e. The van der Waals surface area contributed by atoms with Crippen molar-refractivity contribution < 1.29 is 14.7 Å². The number of rotatable bonds is 10. The first-order valence-corrected chi connectivity index (χ1v) is 15.9. The van der Waals surface area contributed by atoms with Gasteiger partial charge in [-0.3, -0.25) is 9.69 Å². The predicted octanol–water partition coefficient (Wildman–Crippen LogP) is 5.43. The van der Waals surface area contributed by atoms with E-state index in [9.17, 15) is 14.7 Å². The fraction of sp³-hybridized carbons (Fsp3) is 0.588. The molecule has 1 aliphatic carbocycles. The first kappa shape index (κ1) is 29.6. The maximum Gasteiger partial charge on any atom is 0.321 e. The standard InChI is InChI=1S/C34H48N4O3/c1-2-38(34(41)35-22-26-12-6-3-7-13-26)30-18-20-36(21-19-30)23-29-24-37(25-31(29)27-14-8-4-9-15-27)32(33(39)40)28-16-10-5-11-17-28/h3-4,6-9,12-15,28-32H,2,5,10-11,16-25H2,1H3,(H,35,41)(H,39,40). The second kappa shape index (κ2) is 14.3. The third-order valence-electron chi connectivity index (χ3n) is 9.82. The highest BCUT2D eigenvalue weighted by Crippen LogP contribution is 2.38. The fourth-order valence-corrected chi connectivity index (χ4v) is 7.69. The largest absolute Gasteiger partial charge is 0.480 e. The summed E-state index contributed by atoms with van der Waals surface area (Å²) in [6.07, 6.45) is 7.56. The SMILES string of the molecule is CCN(C(=O)NCc1ccccc1)C1CCN(CC2CN(C(C(=O)O)C3CCCCC3)CC2c2ccccc2)CC1. The number of nitrogens with one attached hydrogen (secondary N) is 1. The van der Waals surface area contributed by atoms with Crippen molar-refractivity contribution in [3.05, 3.63) is 71.8 Å². The lowest BCUT2D eigenvalue weighted by molar-refractivity contribution is -0.145. The monoisotopic (exact) mass is 560 g/mol. The molecule has 2 N–H and O–H groups in total. The molecule has 3 atom stereocenters. The molecule has 0 aromatic heterocycles. The van der Waals surface area contributed by atoms with Gasteiger partial charge in [-0.15, -0.1) is 0 Å². The highest BCUT2D eigenvalue weighted by Gasteiger charge is 2.43. The van der Waals surface area contributed by atoms with Crippen LogP contribution in [0.4, 0.5) is 4.79 Å². The van der Waals surface area contributed by atoms with Crippen LogP contribution < -0.4 is 5.32 Å². The van der Waals surface area contributed by atoms with E-state index in [1.807, 2.05) is 35.2 Å². The quantitative estimate of drug-likeness (QED) is 0.405. The zero-order valence-electron chi connectivity index (χ0n) is 24.7. The molecule has 7 nitrogen and oxygen atoms in total. The van der Waals surface area contributed by atoms with E-state index in [1.165, 1.54) is 12.0 Å². The van der Waals surface area contributed by atoms with Crippen molar-refractivity contribution >= 4 is 12.0 Å². The number of amides is 2. The van der Waals surface area contributed by atoms with E-state index in [0.717, 1.165) is 76.8 Å². The summed E-state index contributed by atoms with van der Waals surface area (Å²) in [6, 6.07) is 20.7. The van der Waals surface area contributed by atoms with Crippen LogP contribution in [-0.2, 0) is 11.3 Å². The molecule has 222 valence electrons. The molecule has 5 rings (SSSR count). The highest BCUT2D eigenvalue weighted by molar-refractivity contribution is 5.74. The molecular weight excluding hydrogens is 512 g/mol. The van der Waals surface area contributed by atoms with Crippen molar-refractivity contribution in [1.29, 1.82) is 0 Å². The molecule has 2 aromatic carbocycles. The average molecular weight is 561 g/mol. The molecule has 2 aromatic rings. The Morgan fingerprint density at radius 1 is 0.927 bits per heavy atom. The van der Waals surface area contributed by atoms with Crippen LogP contribution in [0.1, 0.15) is 68.9 Å². The van der Waals surface area contributed by atoms with Crippen LogP contribution in [0.15, 0.2) is 60.7 Å². The second-order valence-corrected chi connectivity index (χ2v) is 12.4. The van der Waals surface area contributed by atoms with Gasteiger partial charge < -0.3 is 20.2 Å². The normalized spacial score (nSPS) is 23.7. The Morgan fingerprint density at radius 2 is 1.59 bits per heavy atom. The summed E-state index contributed by atoms with van der Waals surface area (Å²) in [5, 5.41) is 13.4. The van der Waals surface area contributed by atoms with Gasteiger partial charge in [-0.25, -0.2) is 4.79 Å². The lowest BCUT2D eigenvalue weighted by Gasteiger charge is -2.39. The zero-order valence-corrected chi connectivity index (χ0v) is 24.7. The Hall–Kier alpha value is -2.90. The zero-order chi connectivity index (χ0) is 28.6. The topological polar surface area (TPSA) is 76.1 Å². The molecular formula is C34H48N4O3. The van der Waals surface area contributed by atoms with Crippen LogP contribution in [0.2, 0.25) is 0 Å². The van der Waals surface area contributed by atoms with E-state index in [1.54, 1.807) is 0 Å². The molecule has 0 bridgehead atoms. The molecule has 3 fully saturated rings. The van der Waals surface area contributed by atoms with Crippen molar-refractivity contribution in [1.82, 2.24) is 20.0 Å². The number of carbonyl (C=O) groups excluding carboxylic acids is 1. The highest BCUT2D eigenvalue weighted by atomic mass is 16.4. The molecule has 2 amide bonds. The summed E-state index contributed by atoms with van der Waals surface area (Å²) in [5.74, 6) is 0.363. The number of aliphatic carboxylic acids is 1. The third kappa shape index (κ3) is 7.49. The van der Waals surface area contributed by atoms with Crippen LogP contribution >= 0.6 is 0 Å². The maximum atomic E-state index is 13.0. The lowest BCUT2D eigenvalue weighted by Crippen LogP contribution is -2.51. The van der Waals surface area contributed by atoms with Crippen molar-refractivity contribution in [2.45, 2.75) is 76.4 Å². The molecule has 41 heavy (non-hydrogen) atoms. The fourth-order valence-electron chi connectivity index (χ4n) is 7.69. The van der Waals surface area contributed by atoms with Gasteiger partial charge in [-0.1, -0.05) is 79.9 Å². The van der Waals surface area contributed by atoms with Gasteiger partial charge >= 0.3 is 12.0 Å². The number of likely N-dealkylation sites (tertiary alicyclic amines) is 2. The molecule has 7 heteroatoms. The Labute approximate surface area is 245 Å². The van der Waals surface area contributed by atoms with Crippen LogP contribution in [0.25, 0.3) is 0 Å². The average Bonchev–Trinajstić information content (AvgIpc) is 3.41. The van der Waals surface area contributed by atoms with Gasteiger partial charge in [-0.05, 0) is 55.6 Å². The number of hydrogen-bond acceptors (Lipinski definition) is 4. The van der Waals surface area contributed by atoms with E-state index < -0.39 is 5.97 Å². The van der Waals surface area contributed by atoms with Crippen LogP contribution in [0.5, 0.6) is 0 Å². The number of nitrogens with zero attached hydrogens (tertiary/aromatic N) is 3. The van der Waals surface area contributed by atoms with Crippen molar-refractivity contribution in [2.24, 2.45) is 11.8 Å². The summed E-state index contributed by atoms with van der Waals surface area (Å²) in [6.45, 7) is 7.90. The molecule has 0 radical (unpaired) electrons. The van der Waals surface area contributed by atoms with Gasteiger partial charge in [0.25, 0.3) is 0 Å². The minimum atomic E-state index is -0.643. The predicted molar refractivity (Wildman–Crippen MR) is 163 cm³/mol. The number of urea groups is 1. The van der Waals surface area contributed by atoms with E-state index >= 15 is 0 Å². The summed E-state index contributed by atoms with van der Waals surface area (Å²) >= 11 is 0. The second-order valence-electron chi connectivity index (χ2n) is 12.4. The number of carboxylic acid groups (broad SMARTS) is 1. The van der Waals surface area contributed by atoms with E-state index in [-0.39, 0.29) is 24.0 Å². The van der Waals surface area contributed by atoms with Crippen LogP contribution in [0.3, 0.4) is 0 Å². The number of carbonyl (C=O) groups is 2. The Kier molecular flexibility index (Phi) is 10.3. The van der Waals surface area contributed by atoms with Crippen molar-refractivity contribution in [2.75, 3.05) is 39.3 Å². The molecule has 2 heterocycles. The molecule has 2 saturated heterocycles. The number of benzene rings is 2. The first-order valence-electron chi connectivity index (χ1n) is 15.9. The van der Waals surface area contributed by atoms with E-state index in [4.69, 9.17) is 0 Å². The van der Waals surface area contributed by atoms with Gasteiger partial charge in [0, 0.05) is 57.8 Å². The maximum absolute atomic E-state index is 13.0. The van der Waals surface area contributed by atoms with Gasteiger partial charge in [-0.2, -0.15) is 0 Å². The molecule has 3 unspecified atom stereocenters. The number of carboxylic acids is 1. The number of piperidine rings is 1. The van der Waals surface area contributed by atoms with Gasteiger partial charge in [0.2, 0.25) is 0 Å². The summed E-state index contributed by atoms with van der Waals surface area (Å²) in [4.78, 5) is 32.5. The van der Waals surface area contributed by atoms with E-state index in [2.05, 4.69) is 52.4 Å². The van der Waals surface area contributed by atoms with E-state index in [0.29, 0.717) is 24.9 Å². The molecule has 0 spiro atoms. The number of hydrogen-bond donors (Lipinski definition) is 2. The third-order valence-corrected chi connectivity index (χ3v) is 9.82. The van der Waals surface area contributed by atoms with Gasteiger partial charge in [0.1, 0.15) is 6.04 Å². The summed E-state index contributed by atoms with van der Waals surface area (Å²) < 4.78 is 0. The summed E-state index contributed by atoms with van der Waals surface area (Å²) in [5.41, 5.74) is 2.44. The van der Waals surface area contributed by atoms with Gasteiger partial charge in [0.15, 0.2) is 0 Å². The Balaban J connectivity index is 1.20. The van der Waals surface area contributed by atoms with Crippen molar-refractivity contribution in [3.8, 4) is 0 Å². The molecule has 3 aliphatic rings. The molecule has 1 saturated carbocycles. The van der Waals surface area contributed by atoms with Crippen molar-refractivity contribution in [3.63, 3.8) is 0 Å².